The molecule has 18 heavy (non-hydrogen) atoms. The molecule has 0 radical (unpaired) electrons. The van der Waals surface area contributed by atoms with E-state index in [1.54, 1.807) is 19.3 Å². The number of aromatic nitrogens is 2. The van der Waals surface area contributed by atoms with Crippen LogP contribution in [0, 0.1) is 10.1 Å². The number of carbonyl (C=O) groups is 1. The van der Waals surface area contributed by atoms with Crippen molar-refractivity contribution in [3.8, 4) is 0 Å². The van der Waals surface area contributed by atoms with E-state index in [0.717, 1.165) is 0 Å². The van der Waals surface area contributed by atoms with Gasteiger partial charge in [-0.3, -0.25) is 19.6 Å². The van der Waals surface area contributed by atoms with Crippen LogP contribution in [0.25, 0.3) is 0 Å². The Morgan fingerprint density at radius 1 is 1.44 bits per heavy atom. The predicted molar refractivity (Wildman–Crippen MR) is 64.3 cm³/mol. The van der Waals surface area contributed by atoms with Gasteiger partial charge in [-0.25, -0.2) is 0 Å². The second kappa shape index (κ2) is 4.66. The van der Waals surface area contributed by atoms with E-state index in [9.17, 15) is 14.9 Å². The third-order valence-electron chi connectivity index (χ3n) is 2.31. The zero-order valence-electron chi connectivity index (χ0n) is 9.53. The van der Waals surface area contributed by atoms with Crippen molar-refractivity contribution in [2.45, 2.75) is 0 Å². The first-order chi connectivity index (χ1) is 8.58. The lowest BCUT2D eigenvalue weighted by molar-refractivity contribution is -0.385. The molecule has 7 nitrogen and oxygen atoms in total. The molecule has 2 aromatic rings. The number of rotatable bonds is 3. The van der Waals surface area contributed by atoms with Crippen molar-refractivity contribution >= 4 is 17.3 Å². The van der Waals surface area contributed by atoms with Gasteiger partial charge in [0.25, 0.3) is 11.6 Å². The molecule has 0 spiro atoms. The van der Waals surface area contributed by atoms with Gasteiger partial charge in [-0.2, -0.15) is 5.10 Å². The van der Waals surface area contributed by atoms with Crippen molar-refractivity contribution < 1.29 is 9.72 Å². The first-order valence-corrected chi connectivity index (χ1v) is 5.11. The number of aryl methyl sites for hydroxylation is 1. The summed E-state index contributed by atoms with van der Waals surface area (Å²) in [6, 6.07) is 5.78. The Bertz CT molecular complexity index is 606. The predicted octanol–water partition coefficient (Wildman–Crippen LogP) is 1.58. The fourth-order valence-corrected chi connectivity index (χ4v) is 1.51. The minimum absolute atomic E-state index is 0.0198. The Kier molecular flexibility index (Phi) is 3.05. The lowest BCUT2D eigenvalue weighted by atomic mass is 10.1. The third kappa shape index (κ3) is 2.34. The molecular formula is C11H10N4O3. The summed E-state index contributed by atoms with van der Waals surface area (Å²) >= 11 is 0. The van der Waals surface area contributed by atoms with E-state index in [-0.39, 0.29) is 11.3 Å². The van der Waals surface area contributed by atoms with E-state index in [1.165, 1.54) is 29.1 Å². The number of carbonyl (C=O) groups excluding carboxylic acids is 1. The van der Waals surface area contributed by atoms with Gasteiger partial charge in [-0.15, -0.1) is 0 Å². The molecule has 1 aromatic heterocycles. The Hall–Kier alpha value is -2.70. The highest BCUT2D eigenvalue weighted by atomic mass is 16.6. The monoisotopic (exact) mass is 246 g/mol. The summed E-state index contributed by atoms with van der Waals surface area (Å²) in [5.74, 6) is -0.532. The first-order valence-electron chi connectivity index (χ1n) is 5.11. The maximum absolute atomic E-state index is 11.9. The second-order valence-electron chi connectivity index (χ2n) is 3.63. The van der Waals surface area contributed by atoms with E-state index in [4.69, 9.17) is 0 Å². The molecule has 2 rings (SSSR count). The van der Waals surface area contributed by atoms with Gasteiger partial charge in [0.05, 0.1) is 16.8 Å². The molecule has 1 aromatic carbocycles. The third-order valence-corrected chi connectivity index (χ3v) is 2.31. The number of nitrogens with zero attached hydrogens (tertiary/aromatic N) is 3. The van der Waals surface area contributed by atoms with E-state index in [0.29, 0.717) is 5.69 Å². The zero-order chi connectivity index (χ0) is 13.1. The molecule has 0 atom stereocenters. The Balaban J connectivity index is 2.26. The van der Waals surface area contributed by atoms with Gasteiger partial charge in [0.1, 0.15) is 5.56 Å². The number of hydrogen-bond acceptors (Lipinski definition) is 4. The van der Waals surface area contributed by atoms with Gasteiger partial charge in [0, 0.05) is 19.3 Å². The molecule has 0 saturated heterocycles. The van der Waals surface area contributed by atoms with Gasteiger partial charge in [-0.1, -0.05) is 12.1 Å². The standard InChI is InChI=1S/C11H10N4O3/c1-14-7-8(6-12-14)13-11(16)9-4-2-3-5-10(9)15(17)18/h2-7H,1H3,(H,13,16). The van der Waals surface area contributed by atoms with Crippen LogP contribution in [0.2, 0.25) is 0 Å². The fraction of sp³-hybridized carbons (Fsp3) is 0.0909. The minimum Gasteiger partial charge on any atom is -0.319 e. The Labute approximate surface area is 102 Å². The molecule has 92 valence electrons. The maximum atomic E-state index is 11.9. The van der Waals surface area contributed by atoms with Crippen LogP contribution in [0.15, 0.2) is 36.7 Å². The van der Waals surface area contributed by atoms with Crippen molar-refractivity contribution in [1.82, 2.24) is 9.78 Å². The van der Waals surface area contributed by atoms with Crippen LogP contribution in [0.5, 0.6) is 0 Å². The molecule has 7 heteroatoms. The first kappa shape index (κ1) is 11.8. The lowest BCUT2D eigenvalue weighted by Crippen LogP contribution is -2.13. The Morgan fingerprint density at radius 3 is 2.78 bits per heavy atom. The number of para-hydroxylation sites is 1. The molecule has 0 aliphatic heterocycles. The molecule has 0 unspecified atom stereocenters. The van der Waals surface area contributed by atoms with E-state index in [1.807, 2.05) is 0 Å². The second-order valence-corrected chi connectivity index (χ2v) is 3.63. The molecule has 0 saturated carbocycles. The number of amides is 1. The summed E-state index contributed by atoms with van der Waals surface area (Å²) in [5, 5.41) is 17.2. The largest absolute Gasteiger partial charge is 0.319 e. The smallest absolute Gasteiger partial charge is 0.282 e. The molecule has 1 amide bonds. The number of benzene rings is 1. The summed E-state index contributed by atoms with van der Waals surface area (Å²) in [7, 11) is 1.71. The van der Waals surface area contributed by atoms with E-state index < -0.39 is 10.8 Å². The summed E-state index contributed by atoms with van der Waals surface area (Å²) < 4.78 is 1.52. The van der Waals surface area contributed by atoms with Crippen LogP contribution >= 0.6 is 0 Å². The number of nitro benzene ring substituents is 1. The molecular weight excluding hydrogens is 236 g/mol. The average molecular weight is 246 g/mol. The van der Waals surface area contributed by atoms with Crippen LogP contribution in [0.3, 0.4) is 0 Å². The van der Waals surface area contributed by atoms with Gasteiger partial charge in [0.2, 0.25) is 0 Å². The molecule has 0 bridgehead atoms. The molecule has 0 aliphatic carbocycles. The van der Waals surface area contributed by atoms with Crippen LogP contribution in [0.1, 0.15) is 10.4 Å². The zero-order valence-corrected chi connectivity index (χ0v) is 9.53. The summed E-state index contributed by atoms with van der Waals surface area (Å²) in [6.07, 6.45) is 3.07. The van der Waals surface area contributed by atoms with E-state index in [2.05, 4.69) is 10.4 Å². The van der Waals surface area contributed by atoms with Gasteiger partial charge < -0.3 is 5.32 Å². The van der Waals surface area contributed by atoms with Gasteiger partial charge in [-0.05, 0) is 6.07 Å². The van der Waals surface area contributed by atoms with Crippen LogP contribution < -0.4 is 5.32 Å². The average Bonchev–Trinajstić information content (AvgIpc) is 2.74. The highest BCUT2D eigenvalue weighted by Crippen LogP contribution is 2.19. The lowest BCUT2D eigenvalue weighted by Gasteiger charge is -2.02. The number of anilines is 1. The number of hydrogen-bond donors (Lipinski definition) is 1. The normalized spacial score (nSPS) is 10.1. The van der Waals surface area contributed by atoms with Crippen molar-refractivity contribution in [1.29, 1.82) is 0 Å². The topological polar surface area (TPSA) is 90.1 Å². The Morgan fingerprint density at radius 2 is 2.17 bits per heavy atom. The van der Waals surface area contributed by atoms with E-state index >= 15 is 0 Å². The van der Waals surface area contributed by atoms with Gasteiger partial charge in [0.15, 0.2) is 0 Å². The molecule has 1 N–H and O–H groups in total. The summed E-state index contributed by atoms with van der Waals surface area (Å²) in [6.45, 7) is 0. The fourth-order valence-electron chi connectivity index (χ4n) is 1.51. The van der Waals surface area contributed by atoms with Crippen molar-refractivity contribution in [2.24, 2.45) is 7.05 Å². The van der Waals surface area contributed by atoms with Crippen molar-refractivity contribution in [3.63, 3.8) is 0 Å². The minimum atomic E-state index is -0.585. The number of nitrogens with one attached hydrogen (secondary N) is 1. The summed E-state index contributed by atoms with van der Waals surface area (Å²) in [5.41, 5.74) is 0.283. The number of nitro groups is 1. The maximum Gasteiger partial charge on any atom is 0.282 e. The van der Waals surface area contributed by atoms with Crippen LogP contribution in [-0.2, 0) is 7.05 Å². The van der Waals surface area contributed by atoms with Crippen molar-refractivity contribution in [2.75, 3.05) is 5.32 Å². The van der Waals surface area contributed by atoms with Crippen LogP contribution in [-0.4, -0.2) is 20.6 Å². The van der Waals surface area contributed by atoms with Gasteiger partial charge >= 0.3 is 0 Å². The molecule has 0 fully saturated rings. The molecule has 1 heterocycles. The summed E-state index contributed by atoms with van der Waals surface area (Å²) in [4.78, 5) is 22.1. The quantitative estimate of drug-likeness (QED) is 0.657. The molecule has 0 aliphatic rings. The highest BCUT2D eigenvalue weighted by molar-refractivity contribution is 6.06. The SMILES string of the molecule is Cn1cc(NC(=O)c2ccccc2[N+](=O)[O-])cn1. The van der Waals surface area contributed by atoms with Crippen LogP contribution in [0.4, 0.5) is 11.4 Å². The highest BCUT2D eigenvalue weighted by Gasteiger charge is 2.19. The van der Waals surface area contributed by atoms with Crippen molar-refractivity contribution in [3.05, 3.63) is 52.3 Å².